The molecule has 6 nitrogen and oxygen atoms in total. The number of carboxylic acid groups (broad SMARTS) is 1. The van der Waals surface area contributed by atoms with Crippen molar-refractivity contribution in [1.29, 1.82) is 0 Å². The quantitative estimate of drug-likeness (QED) is 0.583. The molecule has 0 unspecified atom stereocenters. The number of hydrogen-bond acceptors (Lipinski definition) is 4. The summed E-state index contributed by atoms with van der Waals surface area (Å²) >= 11 is 5.85. The van der Waals surface area contributed by atoms with Crippen LogP contribution in [0, 0.1) is 5.82 Å². The van der Waals surface area contributed by atoms with E-state index in [1.807, 2.05) is 9.80 Å². The van der Waals surface area contributed by atoms with Gasteiger partial charge in [0.1, 0.15) is 5.82 Å². The molecule has 1 fully saturated rings. The number of amides is 1. The number of nitrogens with zero attached hydrogens (tertiary/aromatic N) is 2. The maximum atomic E-state index is 14.1. The summed E-state index contributed by atoms with van der Waals surface area (Å²) in [7, 11) is 0. The molecule has 3 aromatic rings. The van der Waals surface area contributed by atoms with Gasteiger partial charge in [-0.3, -0.25) is 4.79 Å². The summed E-state index contributed by atoms with van der Waals surface area (Å²) < 4.78 is 14.1. The van der Waals surface area contributed by atoms with Crippen molar-refractivity contribution in [3.8, 4) is 0 Å². The minimum absolute atomic E-state index is 0.0956. The molecule has 164 valence electrons. The third kappa shape index (κ3) is 4.68. The van der Waals surface area contributed by atoms with Crippen LogP contribution in [-0.2, 0) is 0 Å². The van der Waals surface area contributed by atoms with Gasteiger partial charge in [-0.15, -0.1) is 0 Å². The summed E-state index contributed by atoms with van der Waals surface area (Å²) in [5.41, 5.74) is 2.01. The summed E-state index contributed by atoms with van der Waals surface area (Å²) in [6.07, 6.45) is 0. The topological polar surface area (TPSA) is 72.9 Å². The van der Waals surface area contributed by atoms with E-state index in [2.05, 4.69) is 5.32 Å². The van der Waals surface area contributed by atoms with E-state index in [4.69, 9.17) is 11.6 Å². The Hall–Kier alpha value is -3.58. The number of nitrogens with one attached hydrogen (secondary N) is 1. The molecule has 4 rings (SSSR count). The normalized spacial score (nSPS) is 13.7. The molecule has 0 bridgehead atoms. The number of hydrogen-bond donors (Lipinski definition) is 2. The number of anilines is 3. The first-order valence-electron chi connectivity index (χ1n) is 10.1. The first-order valence-corrected chi connectivity index (χ1v) is 10.5. The summed E-state index contributed by atoms with van der Waals surface area (Å²) in [6, 6.07) is 17.9. The van der Waals surface area contributed by atoms with Crippen LogP contribution in [0.3, 0.4) is 0 Å². The zero-order valence-electron chi connectivity index (χ0n) is 17.1. The standard InChI is InChI=1S/C24H21ClFN3O3/c25-17-7-5-16(6-8-17)23(30)27-18-9-10-21(19(15-18)24(31)32)28-11-13-29(14-12-28)22-4-2-1-3-20(22)26/h1-10,15H,11-14H2,(H,27,30)(H,31,32). The van der Waals surface area contributed by atoms with Gasteiger partial charge in [0.25, 0.3) is 5.91 Å². The Morgan fingerprint density at radius 2 is 1.50 bits per heavy atom. The van der Waals surface area contributed by atoms with Crippen LogP contribution in [0.2, 0.25) is 5.02 Å². The molecule has 0 aliphatic carbocycles. The van der Waals surface area contributed by atoms with Crippen LogP contribution in [0.15, 0.2) is 66.7 Å². The van der Waals surface area contributed by atoms with Crippen LogP contribution < -0.4 is 15.1 Å². The zero-order chi connectivity index (χ0) is 22.7. The van der Waals surface area contributed by atoms with Crippen LogP contribution in [-0.4, -0.2) is 43.2 Å². The molecule has 0 spiro atoms. The monoisotopic (exact) mass is 453 g/mol. The molecule has 32 heavy (non-hydrogen) atoms. The van der Waals surface area contributed by atoms with Crippen molar-refractivity contribution in [2.45, 2.75) is 0 Å². The van der Waals surface area contributed by atoms with Crippen molar-refractivity contribution in [3.05, 3.63) is 88.7 Å². The van der Waals surface area contributed by atoms with Gasteiger partial charge in [0.15, 0.2) is 0 Å². The van der Waals surface area contributed by atoms with Crippen molar-refractivity contribution in [2.75, 3.05) is 41.3 Å². The SMILES string of the molecule is O=C(Nc1ccc(N2CCN(c3ccccc3F)CC2)c(C(=O)O)c1)c1ccc(Cl)cc1. The first kappa shape index (κ1) is 21.6. The van der Waals surface area contributed by atoms with Crippen LogP contribution in [0.1, 0.15) is 20.7 Å². The summed E-state index contributed by atoms with van der Waals surface area (Å²) in [5, 5.41) is 13.0. The molecule has 1 aliphatic rings. The minimum atomic E-state index is -1.08. The number of carbonyl (C=O) groups excluding carboxylic acids is 1. The van der Waals surface area contributed by atoms with Gasteiger partial charge in [-0.1, -0.05) is 23.7 Å². The fourth-order valence-electron chi connectivity index (χ4n) is 3.76. The molecular formula is C24H21ClFN3O3. The van der Waals surface area contributed by atoms with Crippen LogP contribution in [0.4, 0.5) is 21.5 Å². The summed E-state index contributed by atoms with van der Waals surface area (Å²) in [5.74, 6) is -1.71. The maximum Gasteiger partial charge on any atom is 0.337 e. The summed E-state index contributed by atoms with van der Waals surface area (Å²) in [6.45, 7) is 2.22. The third-order valence-electron chi connectivity index (χ3n) is 5.40. The molecule has 1 heterocycles. The molecule has 0 aromatic heterocycles. The fraction of sp³-hybridized carbons (Fsp3) is 0.167. The lowest BCUT2D eigenvalue weighted by molar-refractivity contribution is 0.0697. The number of carboxylic acids is 1. The predicted octanol–water partition coefficient (Wildman–Crippen LogP) is 4.76. The lowest BCUT2D eigenvalue weighted by Gasteiger charge is -2.38. The average molecular weight is 454 g/mol. The van der Waals surface area contributed by atoms with E-state index in [0.717, 1.165) is 0 Å². The van der Waals surface area contributed by atoms with E-state index in [9.17, 15) is 19.1 Å². The molecule has 1 amide bonds. The van der Waals surface area contributed by atoms with Crippen molar-refractivity contribution in [2.24, 2.45) is 0 Å². The Morgan fingerprint density at radius 3 is 2.12 bits per heavy atom. The second-order valence-electron chi connectivity index (χ2n) is 7.42. The lowest BCUT2D eigenvalue weighted by Crippen LogP contribution is -2.47. The first-order chi connectivity index (χ1) is 15.4. The zero-order valence-corrected chi connectivity index (χ0v) is 17.8. The molecule has 1 saturated heterocycles. The molecule has 0 radical (unpaired) electrons. The van der Waals surface area contributed by atoms with Gasteiger partial charge >= 0.3 is 5.97 Å². The highest BCUT2D eigenvalue weighted by Gasteiger charge is 2.23. The van der Waals surface area contributed by atoms with E-state index in [1.54, 1.807) is 54.6 Å². The molecule has 0 saturated carbocycles. The van der Waals surface area contributed by atoms with E-state index in [-0.39, 0.29) is 17.3 Å². The minimum Gasteiger partial charge on any atom is -0.478 e. The molecular weight excluding hydrogens is 433 g/mol. The Kier molecular flexibility index (Phi) is 6.28. The number of piperazine rings is 1. The van der Waals surface area contributed by atoms with Crippen LogP contribution >= 0.6 is 11.6 Å². The second-order valence-corrected chi connectivity index (χ2v) is 7.86. The number of benzene rings is 3. The number of carbonyl (C=O) groups is 2. The third-order valence-corrected chi connectivity index (χ3v) is 5.66. The van der Waals surface area contributed by atoms with Gasteiger partial charge in [-0.2, -0.15) is 0 Å². The van der Waals surface area contributed by atoms with Crippen molar-refractivity contribution in [1.82, 2.24) is 0 Å². The van der Waals surface area contributed by atoms with Gasteiger partial charge in [-0.25, -0.2) is 9.18 Å². The Morgan fingerprint density at radius 1 is 0.875 bits per heavy atom. The van der Waals surface area contributed by atoms with Crippen molar-refractivity contribution < 1.29 is 19.1 Å². The Bertz CT molecular complexity index is 1150. The number of para-hydroxylation sites is 1. The highest BCUT2D eigenvalue weighted by atomic mass is 35.5. The highest BCUT2D eigenvalue weighted by Crippen LogP contribution is 2.28. The van der Waals surface area contributed by atoms with E-state index in [0.29, 0.717) is 53.8 Å². The Balaban J connectivity index is 1.49. The van der Waals surface area contributed by atoms with E-state index < -0.39 is 5.97 Å². The molecule has 0 atom stereocenters. The van der Waals surface area contributed by atoms with Crippen molar-refractivity contribution >= 4 is 40.5 Å². The number of aromatic carboxylic acids is 1. The largest absolute Gasteiger partial charge is 0.478 e. The molecule has 1 aliphatic heterocycles. The molecule has 2 N–H and O–H groups in total. The van der Waals surface area contributed by atoms with E-state index >= 15 is 0 Å². The van der Waals surface area contributed by atoms with Gasteiger partial charge in [0.2, 0.25) is 0 Å². The maximum absolute atomic E-state index is 14.1. The van der Waals surface area contributed by atoms with Crippen LogP contribution in [0.5, 0.6) is 0 Å². The van der Waals surface area contributed by atoms with Gasteiger partial charge in [-0.05, 0) is 54.6 Å². The van der Waals surface area contributed by atoms with Gasteiger partial charge in [0, 0.05) is 42.5 Å². The number of rotatable bonds is 5. The average Bonchev–Trinajstić information content (AvgIpc) is 2.80. The second kappa shape index (κ2) is 9.28. The smallest absolute Gasteiger partial charge is 0.337 e. The van der Waals surface area contributed by atoms with Gasteiger partial charge in [0.05, 0.1) is 16.9 Å². The van der Waals surface area contributed by atoms with Gasteiger partial charge < -0.3 is 20.2 Å². The summed E-state index contributed by atoms with van der Waals surface area (Å²) in [4.78, 5) is 28.3. The predicted molar refractivity (Wildman–Crippen MR) is 124 cm³/mol. The van der Waals surface area contributed by atoms with Crippen molar-refractivity contribution in [3.63, 3.8) is 0 Å². The number of halogens is 2. The molecule has 8 heteroatoms. The Labute approximate surface area is 189 Å². The highest BCUT2D eigenvalue weighted by molar-refractivity contribution is 6.30. The molecule has 3 aromatic carbocycles. The van der Waals surface area contributed by atoms with Crippen LogP contribution in [0.25, 0.3) is 0 Å². The fourth-order valence-corrected chi connectivity index (χ4v) is 3.89. The van der Waals surface area contributed by atoms with E-state index in [1.165, 1.54) is 12.1 Å². The lowest BCUT2D eigenvalue weighted by atomic mass is 10.1.